The van der Waals surface area contributed by atoms with Crippen molar-refractivity contribution in [2.45, 2.75) is 22.8 Å². The molecule has 2 aliphatic rings. The first-order valence-corrected chi connectivity index (χ1v) is 9.92. The zero-order chi connectivity index (χ0) is 17.3. The molecule has 3 atom stereocenters. The number of rotatable bonds is 2. The average molecular weight is 387 g/mol. The molecule has 126 valence electrons. The second-order valence-corrected chi connectivity index (χ2v) is 9.19. The predicted molar refractivity (Wildman–Crippen MR) is 104 cm³/mol. The minimum absolute atomic E-state index is 0.0655. The molecule has 0 amide bonds. The van der Waals surface area contributed by atoms with Gasteiger partial charge in [-0.05, 0) is 23.1 Å². The van der Waals surface area contributed by atoms with E-state index in [-0.39, 0.29) is 5.92 Å². The molecule has 1 nitrogen and oxygen atoms in total. The second-order valence-electron chi connectivity index (χ2n) is 6.92. The molecule has 2 aromatic carbocycles. The smallest absolute Gasteiger partial charge is 0.186 e. The van der Waals surface area contributed by atoms with Gasteiger partial charge in [-0.2, -0.15) is 0 Å². The first-order valence-electron chi connectivity index (χ1n) is 8.29. The molecule has 0 spiro atoms. The van der Waals surface area contributed by atoms with Crippen LogP contribution in [-0.2, 0) is 5.60 Å². The Morgan fingerprint density at radius 3 is 2.36 bits per heavy atom. The maximum atomic E-state index is 6.98. The lowest BCUT2D eigenvalue weighted by Gasteiger charge is -2.36. The van der Waals surface area contributed by atoms with Gasteiger partial charge in [-0.1, -0.05) is 84.7 Å². The molecular weight excluding hydrogens is 371 g/mol. The Labute approximate surface area is 161 Å². The summed E-state index contributed by atoms with van der Waals surface area (Å²) in [5.74, 6) is 0.932. The summed E-state index contributed by atoms with van der Waals surface area (Å²) < 4.78 is 5.54. The lowest BCUT2D eigenvalue weighted by Crippen LogP contribution is -2.32. The van der Waals surface area contributed by atoms with Crippen molar-refractivity contribution in [3.8, 4) is 5.75 Å². The van der Waals surface area contributed by atoms with Gasteiger partial charge in [0.2, 0.25) is 0 Å². The van der Waals surface area contributed by atoms with Crippen molar-refractivity contribution in [1.29, 1.82) is 0 Å². The van der Waals surface area contributed by atoms with E-state index in [0.717, 1.165) is 16.2 Å². The van der Waals surface area contributed by atoms with Crippen LogP contribution >= 0.6 is 34.5 Å². The van der Waals surface area contributed by atoms with Gasteiger partial charge < -0.3 is 4.74 Å². The minimum Gasteiger partial charge on any atom is -0.477 e. The van der Waals surface area contributed by atoms with Gasteiger partial charge in [-0.25, -0.2) is 0 Å². The quantitative estimate of drug-likeness (QED) is 0.465. The molecule has 0 N–H and O–H groups in total. The van der Waals surface area contributed by atoms with Crippen molar-refractivity contribution in [1.82, 2.24) is 0 Å². The van der Waals surface area contributed by atoms with Crippen LogP contribution < -0.4 is 4.74 Å². The van der Waals surface area contributed by atoms with E-state index in [1.807, 2.05) is 35.7 Å². The number of hydrogen-bond donors (Lipinski definition) is 0. The molecule has 5 rings (SSSR count). The van der Waals surface area contributed by atoms with Crippen LogP contribution in [0.1, 0.15) is 28.8 Å². The van der Waals surface area contributed by atoms with Gasteiger partial charge in [-0.3, -0.25) is 0 Å². The highest BCUT2D eigenvalue weighted by molar-refractivity contribution is 7.10. The molecule has 1 aromatic heterocycles. The number of hydrogen-bond acceptors (Lipinski definition) is 2. The maximum Gasteiger partial charge on any atom is 0.186 e. The highest BCUT2D eigenvalue weighted by Gasteiger charge is 2.92. The van der Waals surface area contributed by atoms with Gasteiger partial charge in [0.05, 0.1) is 10.3 Å². The Morgan fingerprint density at radius 2 is 1.64 bits per heavy atom. The SMILES string of the molecule is CC12C(c3ccccc3)c3ccccc3OC1(c1cccs1)C2(Cl)Cl. The number of alkyl halides is 2. The summed E-state index contributed by atoms with van der Waals surface area (Å²) in [5, 5.41) is 2.05. The number of thiophene rings is 1. The van der Waals surface area contributed by atoms with E-state index in [2.05, 4.69) is 43.3 Å². The largest absolute Gasteiger partial charge is 0.477 e. The zero-order valence-electron chi connectivity index (χ0n) is 13.6. The third-order valence-electron chi connectivity index (χ3n) is 5.83. The van der Waals surface area contributed by atoms with Crippen molar-refractivity contribution in [2.24, 2.45) is 5.41 Å². The minimum atomic E-state index is -1.01. The molecule has 0 bridgehead atoms. The summed E-state index contributed by atoms with van der Waals surface area (Å²) in [5.41, 5.74) is 1.17. The van der Waals surface area contributed by atoms with Crippen LogP contribution in [0.15, 0.2) is 72.1 Å². The zero-order valence-corrected chi connectivity index (χ0v) is 15.9. The lowest BCUT2D eigenvalue weighted by atomic mass is 9.75. The highest BCUT2D eigenvalue weighted by atomic mass is 35.5. The third-order valence-corrected chi connectivity index (χ3v) is 8.12. The Hall–Kier alpha value is -1.48. The van der Waals surface area contributed by atoms with Gasteiger partial charge in [0.15, 0.2) is 9.93 Å². The lowest BCUT2D eigenvalue weighted by molar-refractivity contribution is 0.105. The van der Waals surface area contributed by atoms with E-state index in [4.69, 9.17) is 27.9 Å². The van der Waals surface area contributed by atoms with Crippen LogP contribution in [0.2, 0.25) is 0 Å². The van der Waals surface area contributed by atoms with E-state index in [1.165, 1.54) is 5.56 Å². The molecule has 1 aliphatic carbocycles. The van der Waals surface area contributed by atoms with E-state index in [1.54, 1.807) is 11.3 Å². The molecule has 2 heterocycles. The monoisotopic (exact) mass is 386 g/mol. The first kappa shape index (κ1) is 15.7. The fourth-order valence-electron chi connectivity index (χ4n) is 4.56. The summed E-state index contributed by atoms with van der Waals surface area (Å²) in [6.45, 7) is 2.15. The van der Waals surface area contributed by atoms with Crippen LogP contribution in [-0.4, -0.2) is 4.33 Å². The highest BCUT2D eigenvalue weighted by Crippen LogP contribution is 2.85. The summed E-state index contributed by atoms with van der Waals surface area (Å²) in [6.07, 6.45) is 0. The van der Waals surface area contributed by atoms with Crippen LogP contribution in [0, 0.1) is 5.41 Å². The van der Waals surface area contributed by atoms with Crippen molar-refractivity contribution < 1.29 is 4.74 Å². The van der Waals surface area contributed by atoms with Crippen molar-refractivity contribution in [3.63, 3.8) is 0 Å². The first-order chi connectivity index (χ1) is 12.0. The van der Waals surface area contributed by atoms with Crippen LogP contribution in [0.25, 0.3) is 0 Å². The van der Waals surface area contributed by atoms with E-state index < -0.39 is 15.3 Å². The molecule has 3 unspecified atom stereocenters. The number of halogens is 2. The van der Waals surface area contributed by atoms with Crippen LogP contribution in [0.5, 0.6) is 5.75 Å². The Morgan fingerprint density at radius 1 is 0.920 bits per heavy atom. The molecule has 0 saturated heterocycles. The van der Waals surface area contributed by atoms with Gasteiger partial charge in [0.1, 0.15) is 5.75 Å². The second kappa shape index (κ2) is 5.03. The Balaban J connectivity index is 1.81. The fraction of sp³-hybridized carbons (Fsp3) is 0.238. The van der Waals surface area contributed by atoms with Crippen LogP contribution in [0.3, 0.4) is 0 Å². The molecule has 1 aliphatic heterocycles. The molecule has 0 radical (unpaired) electrons. The molecule has 4 heteroatoms. The molecule has 25 heavy (non-hydrogen) atoms. The fourth-order valence-corrected chi connectivity index (χ4v) is 6.77. The van der Waals surface area contributed by atoms with Crippen LogP contribution in [0.4, 0.5) is 0 Å². The Bertz CT molecular complexity index is 938. The van der Waals surface area contributed by atoms with Crippen molar-refractivity contribution in [3.05, 3.63) is 88.1 Å². The standard InChI is InChI=1S/C21H16Cl2OS/c1-19-18(14-8-3-2-4-9-14)15-10-5-6-11-16(15)24-20(19,21(19,22)23)17-12-7-13-25-17/h2-13,18H,1H3. The van der Waals surface area contributed by atoms with Gasteiger partial charge >= 0.3 is 0 Å². The number of para-hydroxylation sites is 1. The molecule has 1 saturated carbocycles. The molecule has 3 aromatic rings. The van der Waals surface area contributed by atoms with Gasteiger partial charge in [0.25, 0.3) is 0 Å². The predicted octanol–water partition coefficient (Wildman–Crippen LogP) is 6.36. The van der Waals surface area contributed by atoms with Gasteiger partial charge in [0, 0.05) is 11.5 Å². The maximum absolute atomic E-state index is 6.98. The van der Waals surface area contributed by atoms with E-state index in [9.17, 15) is 0 Å². The topological polar surface area (TPSA) is 9.23 Å². The number of fused-ring (bicyclic) bond motifs is 2. The van der Waals surface area contributed by atoms with Gasteiger partial charge in [-0.15, -0.1) is 11.3 Å². The van der Waals surface area contributed by atoms with E-state index >= 15 is 0 Å². The molecular formula is C21H16Cl2OS. The summed E-state index contributed by atoms with van der Waals surface area (Å²) in [7, 11) is 0. The van der Waals surface area contributed by atoms with E-state index in [0.29, 0.717) is 0 Å². The average Bonchev–Trinajstić information content (AvgIpc) is 3.01. The summed E-state index contributed by atoms with van der Waals surface area (Å²) in [4.78, 5) is 1.08. The molecule has 1 fully saturated rings. The number of ether oxygens (including phenoxy) is 1. The Kier molecular flexibility index (Phi) is 3.17. The van der Waals surface area contributed by atoms with Crippen molar-refractivity contribution in [2.75, 3.05) is 0 Å². The summed E-state index contributed by atoms with van der Waals surface area (Å²) >= 11 is 15.6. The summed E-state index contributed by atoms with van der Waals surface area (Å²) in [6, 6.07) is 22.8. The van der Waals surface area contributed by atoms with Crippen molar-refractivity contribution >= 4 is 34.5 Å². The normalized spacial score (nSPS) is 31.6. The third kappa shape index (κ3) is 1.71. The number of benzene rings is 2.